The molecular formula is C16H18N4O. The summed E-state index contributed by atoms with van der Waals surface area (Å²) in [7, 11) is 0. The Morgan fingerprint density at radius 2 is 1.95 bits per heavy atom. The second-order valence-electron chi connectivity index (χ2n) is 5.23. The smallest absolute Gasteiger partial charge is 0.211 e. The molecule has 0 atom stereocenters. The van der Waals surface area contributed by atoms with Crippen LogP contribution >= 0.6 is 0 Å². The molecule has 0 spiro atoms. The molecule has 1 saturated heterocycles. The highest BCUT2D eigenvalue weighted by molar-refractivity contribution is 6.09. The maximum Gasteiger partial charge on any atom is 0.211 e. The molecule has 1 fully saturated rings. The quantitative estimate of drug-likeness (QED) is 0.838. The minimum atomic E-state index is -0.0850. The first-order valence-electron chi connectivity index (χ1n) is 7.18. The Balaban J connectivity index is 2.02. The van der Waals surface area contributed by atoms with Crippen molar-refractivity contribution in [2.45, 2.75) is 18.8 Å². The molecule has 0 unspecified atom stereocenters. The largest absolute Gasteiger partial charge is 0.383 e. The number of hydrogen-bond acceptors (Lipinski definition) is 5. The summed E-state index contributed by atoms with van der Waals surface area (Å²) in [6, 6.07) is 7.09. The van der Waals surface area contributed by atoms with Gasteiger partial charge in [-0.1, -0.05) is 6.07 Å². The molecule has 5 nitrogen and oxygen atoms in total. The molecule has 21 heavy (non-hydrogen) atoms. The normalized spacial score (nSPS) is 15.8. The molecule has 3 N–H and O–H groups in total. The van der Waals surface area contributed by atoms with E-state index in [1.165, 1.54) is 0 Å². The van der Waals surface area contributed by atoms with Crippen molar-refractivity contribution in [1.82, 2.24) is 15.3 Å². The fourth-order valence-corrected chi connectivity index (χ4v) is 2.86. The topological polar surface area (TPSA) is 80.9 Å². The lowest BCUT2D eigenvalue weighted by molar-refractivity contribution is 0.103. The van der Waals surface area contributed by atoms with Crippen molar-refractivity contribution in [1.29, 1.82) is 0 Å². The van der Waals surface area contributed by atoms with E-state index in [1.807, 2.05) is 6.07 Å². The van der Waals surface area contributed by atoms with Gasteiger partial charge in [0.15, 0.2) is 0 Å². The number of hydrogen-bond donors (Lipinski definition) is 2. The number of nitrogens with two attached hydrogens (primary N) is 1. The predicted octanol–water partition coefficient (Wildman–Crippen LogP) is 1.76. The zero-order chi connectivity index (χ0) is 14.7. The van der Waals surface area contributed by atoms with Crippen LogP contribution in [0, 0.1) is 0 Å². The summed E-state index contributed by atoms with van der Waals surface area (Å²) in [5.74, 6) is 0.657. The van der Waals surface area contributed by atoms with Crippen molar-refractivity contribution < 1.29 is 4.79 Å². The molecule has 0 bridgehead atoms. The Morgan fingerprint density at radius 1 is 1.14 bits per heavy atom. The van der Waals surface area contributed by atoms with Crippen LogP contribution in [0.2, 0.25) is 0 Å². The number of piperidine rings is 1. The van der Waals surface area contributed by atoms with Gasteiger partial charge in [0.2, 0.25) is 5.78 Å². The van der Waals surface area contributed by atoms with Crippen molar-refractivity contribution >= 4 is 11.6 Å². The van der Waals surface area contributed by atoms with Crippen LogP contribution in [0.5, 0.6) is 0 Å². The third-order valence-corrected chi connectivity index (χ3v) is 3.91. The summed E-state index contributed by atoms with van der Waals surface area (Å²) < 4.78 is 0. The Hall–Kier alpha value is -2.27. The lowest BCUT2D eigenvalue weighted by atomic mass is 9.86. The first-order valence-corrected chi connectivity index (χ1v) is 7.18. The van der Waals surface area contributed by atoms with Crippen LogP contribution in [0.4, 0.5) is 5.82 Å². The molecule has 2 aromatic heterocycles. The molecule has 0 aromatic carbocycles. The summed E-state index contributed by atoms with van der Waals surface area (Å²) in [5, 5.41) is 3.33. The van der Waals surface area contributed by atoms with E-state index in [4.69, 9.17) is 5.73 Å². The first-order chi connectivity index (χ1) is 10.3. The molecule has 108 valence electrons. The molecule has 0 amide bonds. The van der Waals surface area contributed by atoms with E-state index in [1.54, 1.807) is 30.6 Å². The second-order valence-corrected chi connectivity index (χ2v) is 5.23. The maximum atomic E-state index is 12.7. The Bertz CT molecular complexity index is 636. The van der Waals surface area contributed by atoms with E-state index in [9.17, 15) is 4.79 Å². The van der Waals surface area contributed by atoms with E-state index in [2.05, 4.69) is 15.3 Å². The molecule has 1 aliphatic rings. The minimum absolute atomic E-state index is 0.0850. The van der Waals surface area contributed by atoms with Crippen LogP contribution < -0.4 is 11.1 Å². The van der Waals surface area contributed by atoms with Gasteiger partial charge in [0, 0.05) is 23.5 Å². The van der Waals surface area contributed by atoms with Crippen LogP contribution in [-0.4, -0.2) is 28.8 Å². The van der Waals surface area contributed by atoms with Gasteiger partial charge >= 0.3 is 0 Å². The molecular weight excluding hydrogens is 264 g/mol. The van der Waals surface area contributed by atoms with Crippen LogP contribution in [0.15, 0.2) is 36.7 Å². The summed E-state index contributed by atoms with van der Waals surface area (Å²) >= 11 is 0. The number of ketones is 1. The molecule has 5 heteroatoms. The standard InChI is InChI=1S/C16H18N4O/c17-16-14(11-4-8-18-9-5-11)12(6-10-20-16)15(21)13-3-1-2-7-19-13/h1-3,6-7,10-11,18H,4-5,8-9H2,(H2,17,20). The third kappa shape index (κ3) is 2.78. The lowest BCUT2D eigenvalue weighted by Gasteiger charge is -2.25. The summed E-state index contributed by atoms with van der Waals surface area (Å²) in [6.45, 7) is 1.88. The van der Waals surface area contributed by atoms with Crippen LogP contribution in [0.25, 0.3) is 0 Å². The van der Waals surface area contributed by atoms with Crippen molar-refractivity contribution in [3.8, 4) is 0 Å². The highest BCUT2D eigenvalue weighted by atomic mass is 16.1. The Kier molecular flexibility index (Phi) is 3.92. The van der Waals surface area contributed by atoms with E-state index < -0.39 is 0 Å². The SMILES string of the molecule is Nc1nccc(C(=O)c2ccccn2)c1C1CCNCC1. The number of carbonyl (C=O) groups excluding carboxylic acids is 1. The van der Waals surface area contributed by atoms with Gasteiger partial charge in [-0.05, 0) is 50.0 Å². The highest BCUT2D eigenvalue weighted by Gasteiger charge is 2.25. The molecule has 3 heterocycles. The number of nitrogens with one attached hydrogen (secondary N) is 1. The lowest BCUT2D eigenvalue weighted by Crippen LogP contribution is -2.28. The number of nitrogens with zero attached hydrogens (tertiary/aromatic N) is 2. The average Bonchev–Trinajstić information content (AvgIpc) is 2.55. The van der Waals surface area contributed by atoms with Gasteiger partial charge in [-0.2, -0.15) is 0 Å². The van der Waals surface area contributed by atoms with Crippen molar-refractivity contribution in [2.24, 2.45) is 0 Å². The van der Waals surface area contributed by atoms with Gasteiger partial charge in [-0.3, -0.25) is 9.78 Å². The zero-order valence-corrected chi connectivity index (χ0v) is 11.7. The van der Waals surface area contributed by atoms with Gasteiger partial charge in [0.05, 0.1) is 0 Å². The first kappa shape index (κ1) is 13.7. The molecule has 0 aliphatic carbocycles. The average molecular weight is 282 g/mol. The van der Waals surface area contributed by atoms with Crippen LogP contribution in [-0.2, 0) is 0 Å². The number of pyridine rings is 2. The minimum Gasteiger partial charge on any atom is -0.383 e. The Labute approximate surface area is 123 Å². The van der Waals surface area contributed by atoms with Gasteiger partial charge < -0.3 is 11.1 Å². The zero-order valence-electron chi connectivity index (χ0n) is 11.7. The number of carbonyl (C=O) groups is 1. The molecule has 1 aliphatic heterocycles. The van der Waals surface area contributed by atoms with E-state index >= 15 is 0 Å². The highest BCUT2D eigenvalue weighted by Crippen LogP contribution is 2.32. The number of anilines is 1. The summed E-state index contributed by atoms with van der Waals surface area (Å²) in [5.41, 5.74) is 8.02. The number of aromatic nitrogens is 2. The fraction of sp³-hybridized carbons (Fsp3) is 0.312. The van der Waals surface area contributed by atoms with E-state index in [0.29, 0.717) is 17.1 Å². The van der Waals surface area contributed by atoms with Crippen molar-refractivity contribution in [3.63, 3.8) is 0 Å². The number of rotatable bonds is 3. The van der Waals surface area contributed by atoms with Gasteiger partial charge in [0.25, 0.3) is 0 Å². The van der Waals surface area contributed by atoms with Crippen LogP contribution in [0.1, 0.15) is 40.4 Å². The molecule has 0 radical (unpaired) electrons. The van der Waals surface area contributed by atoms with Gasteiger partial charge in [-0.25, -0.2) is 4.98 Å². The van der Waals surface area contributed by atoms with E-state index in [-0.39, 0.29) is 11.7 Å². The van der Waals surface area contributed by atoms with Crippen molar-refractivity contribution in [2.75, 3.05) is 18.8 Å². The van der Waals surface area contributed by atoms with Gasteiger partial charge in [-0.15, -0.1) is 0 Å². The molecule has 3 rings (SSSR count). The maximum absolute atomic E-state index is 12.7. The Morgan fingerprint density at radius 3 is 2.67 bits per heavy atom. The van der Waals surface area contributed by atoms with Crippen LogP contribution in [0.3, 0.4) is 0 Å². The summed E-state index contributed by atoms with van der Waals surface area (Å²) in [4.78, 5) is 21.0. The monoisotopic (exact) mass is 282 g/mol. The van der Waals surface area contributed by atoms with Gasteiger partial charge in [0.1, 0.15) is 11.5 Å². The fourth-order valence-electron chi connectivity index (χ4n) is 2.86. The number of nitrogen functional groups attached to an aromatic ring is 1. The molecule has 2 aromatic rings. The van der Waals surface area contributed by atoms with E-state index in [0.717, 1.165) is 31.5 Å². The predicted molar refractivity (Wildman–Crippen MR) is 81.2 cm³/mol. The summed E-state index contributed by atoms with van der Waals surface area (Å²) in [6.07, 6.45) is 5.16. The molecule has 0 saturated carbocycles. The van der Waals surface area contributed by atoms with Crippen molar-refractivity contribution in [3.05, 3.63) is 53.5 Å². The second kappa shape index (κ2) is 6.01. The third-order valence-electron chi connectivity index (χ3n) is 3.91.